The second kappa shape index (κ2) is 6.64. The van der Waals surface area contributed by atoms with E-state index in [9.17, 15) is 0 Å². The van der Waals surface area contributed by atoms with Gasteiger partial charge in [0, 0.05) is 9.85 Å². The zero-order valence-electron chi connectivity index (χ0n) is 11.9. The normalized spacial score (nSPS) is 12.2. The molecule has 0 aromatic heterocycles. The van der Waals surface area contributed by atoms with Crippen LogP contribution >= 0.6 is 27.5 Å². The Kier molecular flexibility index (Phi) is 5.11. The number of rotatable bonds is 4. The van der Waals surface area contributed by atoms with Crippen LogP contribution in [0.4, 0.5) is 0 Å². The van der Waals surface area contributed by atoms with E-state index in [-0.39, 0.29) is 4.83 Å². The molecule has 0 fully saturated rings. The summed E-state index contributed by atoms with van der Waals surface area (Å²) in [4.78, 5) is 0.211. The second-order valence-electron chi connectivity index (χ2n) is 4.98. The smallest absolute Gasteiger partial charge is 0.118 e. The van der Waals surface area contributed by atoms with Crippen molar-refractivity contribution in [3.63, 3.8) is 0 Å². The zero-order chi connectivity index (χ0) is 14.7. The van der Waals surface area contributed by atoms with Crippen LogP contribution in [-0.2, 0) is 6.42 Å². The summed E-state index contributed by atoms with van der Waals surface area (Å²) in [6.07, 6.45) is 0.895. The van der Waals surface area contributed by atoms with Gasteiger partial charge < -0.3 is 4.74 Å². The zero-order valence-corrected chi connectivity index (χ0v) is 14.3. The molecule has 1 nitrogen and oxygen atoms in total. The highest BCUT2D eigenvalue weighted by Crippen LogP contribution is 2.34. The Labute approximate surface area is 134 Å². The average molecular weight is 354 g/mol. The Hall–Kier alpha value is -0.990. The molecule has 3 heteroatoms. The van der Waals surface area contributed by atoms with Crippen LogP contribution in [0.1, 0.15) is 27.1 Å². The van der Waals surface area contributed by atoms with Gasteiger partial charge in [0.05, 0.1) is 7.11 Å². The van der Waals surface area contributed by atoms with E-state index in [0.717, 1.165) is 22.8 Å². The highest BCUT2D eigenvalue weighted by Gasteiger charge is 2.13. The summed E-state index contributed by atoms with van der Waals surface area (Å²) in [6, 6.07) is 12.3. The van der Waals surface area contributed by atoms with Crippen molar-refractivity contribution >= 4 is 27.5 Å². The monoisotopic (exact) mass is 352 g/mol. The van der Waals surface area contributed by atoms with Gasteiger partial charge in [-0.3, -0.25) is 0 Å². The fraction of sp³-hybridized carbons (Fsp3) is 0.294. The maximum absolute atomic E-state index is 6.36. The molecule has 0 bridgehead atoms. The minimum atomic E-state index is 0.211. The molecule has 0 heterocycles. The van der Waals surface area contributed by atoms with E-state index in [0.29, 0.717) is 0 Å². The van der Waals surface area contributed by atoms with Gasteiger partial charge in [0.25, 0.3) is 0 Å². The van der Waals surface area contributed by atoms with Crippen LogP contribution in [0.15, 0.2) is 36.4 Å². The lowest BCUT2D eigenvalue weighted by Gasteiger charge is -2.15. The Morgan fingerprint density at radius 3 is 2.30 bits per heavy atom. The van der Waals surface area contributed by atoms with Gasteiger partial charge in [-0.05, 0) is 60.7 Å². The quantitative estimate of drug-likeness (QED) is 0.646. The first-order chi connectivity index (χ1) is 9.51. The summed E-state index contributed by atoms with van der Waals surface area (Å²) in [5, 5.41) is 0.823. The SMILES string of the molecule is COc1ccc(CC(Br)c2cc(C)c(C)cc2Cl)cc1. The van der Waals surface area contributed by atoms with Gasteiger partial charge in [-0.2, -0.15) is 0 Å². The maximum atomic E-state index is 6.36. The van der Waals surface area contributed by atoms with E-state index in [2.05, 4.69) is 48.0 Å². The number of hydrogen-bond donors (Lipinski definition) is 0. The third-order valence-corrected chi connectivity index (χ3v) is 4.67. The molecule has 0 spiro atoms. The molecule has 2 aromatic carbocycles. The fourth-order valence-corrected chi connectivity index (χ4v) is 3.36. The molecule has 0 aliphatic rings. The van der Waals surface area contributed by atoms with Crippen molar-refractivity contribution in [3.05, 3.63) is 63.7 Å². The van der Waals surface area contributed by atoms with E-state index in [1.807, 2.05) is 18.2 Å². The fourth-order valence-electron chi connectivity index (χ4n) is 2.12. The van der Waals surface area contributed by atoms with E-state index in [4.69, 9.17) is 16.3 Å². The van der Waals surface area contributed by atoms with Crippen LogP contribution in [-0.4, -0.2) is 7.11 Å². The Morgan fingerprint density at radius 2 is 1.70 bits per heavy atom. The molecule has 20 heavy (non-hydrogen) atoms. The summed E-state index contributed by atoms with van der Waals surface area (Å²) in [7, 11) is 1.68. The van der Waals surface area contributed by atoms with Crippen LogP contribution in [0.2, 0.25) is 5.02 Å². The maximum Gasteiger partial charge on any atom is 0.118 e. The minimum Gasteiger partial charge on any atom is -0.497 e. The number of benzene rings is 2. The van der Waals surface area contributed by atoms with Crippen LogP contribution < -0.4 is 4.74 Å². The Balaban J connectivity index is 2.18. The molecule has 106 valence electrons. The lowest BCUT2D eigenvalue weighted by Crippen LogP contribution is -1.98. The molecule has 0 N–H and O–H groups in total. The molecule has 2 aromatic rings. The number of alkyl halides is 1. The molecular formula is C17H18BrClO. The van der Waals surface area contributed by atoms with Gasteiger partial charge in [-0.1, -0.05) is 45.7 Å². The standard InChI is InChI=1S/C17H18BrClO/c1-11-8-15(17(19)9-12(11)2)16(18)10-13-4-6-14(20-3)7-5-13/h4-9,16H,10H2,1-3H3. The lowest BCUT2D eigenvalue weighted by molar-refractivity contribution is 0.414. The van der Waals surface area contributed by atoms with Crippen molar-refractivity contribution in [1.29, 1.82) is 0 Å². The molecule has 0 aliphatic heterocycles. The molecule has 0 radical (unpaired) electrons. The first-order valence-corrected chi connectivity index (χ1v) is 7.84. The Morgan fingerprint density at radius 1 is 1.10 bits per heavy atom. The predicted molar refractivity (Wildman–Crippen MR) is 89.3 cm³/mol. The first-order valence-electron chi connectivity index (χ1n) is 6.55. The highest BCUT2D eigenvalue weighted by atomic mass is 79.9. The van der Waals surface area contributed by atoms with Crippen molar-refractivity contribution in [2.24, 2.45) is 0 Å². The van der Waals surface area contributed by atoms with Crippen molar-refractivity contribution in [2.45, 2.75) is 25.1 Å². The number of aryl methyl sites for hydroxylation is 2. The highest BCUT2D eigenvalue weighted by molar-refractivity contribution is 9.09. The molecule has 1 atom stereocenters. The van der Waals surface area contributed by atoms with E-state index < -0.39 is 0 Å². The number of ether oxygens (including phenoxy) is 1. The average Bonchev–Trinajstić information content (AvgIpc) is 2.43. The molecule has 0 aliphatic carbocycles. The molecule has 0 amide bonds. The molecule has 1 unspecified atom stereocenters. The van der Waals surface area contributed by atoms with Gasteiger partial charge in [0.15, 0.2) is 0 Å². The van der Waals surface area contributed by atoms with E-state index in [1.54, 1.807) is 7.11 Å². The summed E-state index contributed by atoms with van der Waals surface area (Å²) in [5.74, 6) is 0.879. The van der Waals surface area contributed by atoms with Crippen molar-refractivity contribution < 1.29 is 4.74 Å². The largest absolute Gasteiger partial charge is 0.497 e. The predicted octanol–water partition coefficient (Wildman–Crippen LogP) is 5.64. The third kappa shape index (κ3) is 3.56. The molecule has 0 saturated carbocycles. The minimum absolute atomic E-state index is 0.211. The second-order valence-corrected chi connectivity index (χ2v) is 6.49. The molecular weight excluding hydrogens is 336 g/mol. The Bertz CT molecular complexity index is 593. The van der Waals surface area contributed by atoms with Gasteiger partial charge in [-0.25, -0.2) is 0 Å². The number of halogens is 2. The summed E-state index contributed by atoms with van der Waals surface area (Å²) >= 11 is 10.1. The third-order valence-electron chi connectivity index (χ3n) is 3.52. The topological polar surface area (TPSA) is 9.23 Å². The van der Waals surface area contributed by atoms with Crippen LogP contribution in [0, 0.1) is 13.8 Å². The van der Waals surface area contributed by atoms with Gasteiger partial charge >= 0.3 is 0 Å². The summed E-state index contributed by atoms with van der Waals surface area (Å²) < 4.78 is 5.17. The number of hydrogen-bond acceptors (Lipinski definition) is 1. The van der Waals surface area contributed by atoms with Gasteiger partial charge in [0.1, 0.15) is 5.75 Å². The first kappa shape index (κ1) is 15.4. The van der Waals surface area contributed by atoms with Crippen LogP contribution in [0.25, 0.3) is 0 Å². The van der Waals surface area contributed by atoms with E-state index in [1.165, 1.54) is 16.7 Å². The van der Waals surface area contributed by atoms with Gasteiger partial charge in [0.2, 0.25) is 0 Å². The van der Waals surface area contributed by atoms with Crippen LogP contribution in [0.5, 0.6) is 5.75 Å². The number of methoxy groups -OCH3 is 1. The molecule has 0 saturated heterocycles. The lowest BCUT2D eigenvalue weighted by atomic mass is 10.00. The summed E-state index contributed by atoms with van der Waals surface area (Å²) in [5.41, 5.74) is 4.89. The van der Waals surface area contributed by atoms with Crippen molar-refractivity contribution in [1.82, 2.24) is 0 Å². The summed E-state index contributed by atoms with van der Waals surface area (Å²) in [6.45, 7) is 4.19. The van der Waals surface area contributed by atoms with Crippen LogP contribution in [0.3, 0.4) is 0 Å². The van der Waals surface area contributed by atoms with Gasteiger partial charge in [-0.15, -0.1) is 0 Å². The van der Waals surface area contributed by atoms with Crippen molar-refractivity contribution in [2.75, 3.05) is 7.11 Å². The van der Waals surface area contributed by atoms with Crippen molar-refractivity contribution in [3.8, 4) is 5.75 Å². The van der Waals surface area contributed by atoms with E-state index >= 15 is 0 Å². The molecule has 2 rings (SSSR count).